The summed E-state index contributed by atoms with van der Waals surface area (Å²) < 4.78 is 5.11. The molecule has 114 valence electrons. The number of ketones is 1. The van der Waals surface area contributed by atoms with E-state index >= 15 is 0 Å². The molecule has 0 amide bonds. The third-order valence-corrected chi connectivity index (χ3v) is 2.71. The maximum atomic E-state index is 11.2. The number of ether oxygens (including phenoxy) is 1. The Hall–Kier alpha value is -2.09. The fourth-order valence-electron chi connectivity index (χ4n) is 1.68. The van der Waals surface area contributed by atoms with Crippen LogP contribution in [0.15, 0.2) is 48.5 Å². The van der Waals surface area contributed by atoms with Gasteiger partial charge in [0.2, 0.25) is 0 Å². The van der Waals surface area contributed by atoms with Crippen LogP contribution in [-0.4, -0.2) is 12.9 Å². The van der Waals surface area contributed by atoms with Crippen LogP contribution in [0.1, 0.15) is 45.0 Å². The number of carbonyl (C=O) groups is 1. The molecule has 0 saturated carbocycles. The van der Waals surface area contributed by atoms with E-state index in [1.165, 1.54) is 0 Å². The average molecular weight is 286 g/mol. The average Bonchev–Trinajstić information content (AvgIpc) is 2.58. The SMILES string of the molecule is CC.CC.COc1ccc(-c2ccc(C(C)=O)cc2)cc1. The molecule has 0 fully saturated rings. The highest BCUT2D eigenvalue weighted by molar-refractivity contribution is 5.94. The molecule has 0 saturated heterocycles. The van der Waals surface area contributed by atoms with E-state index < -0.39 is 0 Å². The van der Waals surface area contributed by atoms with Crippen molar-refractivity contribution in [3.05, 3.63) is 54.1 Å². The molecule has 0 aliphatic heterocycles. The predicted octanol–water partition coefficient (Wildman–Crippen LogP) is 5.62. The monoisotopic (exact) mass is 286 g/mol. The van der Waals surface area contributed by atoms with Gasteiger partial charge in [0.1, 0.15) is 5.75 Å². The summed E-state index contributed by atoms with van der Waals surface area (Å²) in [5.41, 5.74) is 2.95. The topological polar surface area (TPSA) is 26.3 Å². The summed E-state index contributed by atoms with van der Waals surface area (Å²) in [7, 11) is 1.65. The molecule has 0 aromatic heterocycles. The molecular weight excluding hydrogens is 260 g/mol. The molecule has 0 radical (unpaired) electrons. The Kier molecular flexibility index (Phi) is 9.61. The first kappa shape index (κ1) is 18.9. The van der Waals surface area contributed by atoms with Crippen molar-refractivity contribution in [1.29, 1.82) is 0 Å². The van der Waals surface area contributed by atoms with Crippen LogP contribution in [0.5, 0.6) is 5.75 Å². The highest BCUT2D eigenvalue weighted by Gasteiger charge is 2.01. The number of rotatable bonds is 3. The number of benzene rings is 2. The summed E-state index contributed by atoms with van der Waals surface area (Å²) in [6.45, 7) is 9.57. The van der Waals surface area contributed by atoms with Gasteiger partial charge < -0.3 is 4.74 Å². The normalized spacial score (nSPS) is 8.67. The summed E-state index contributed by atoms with van der Waals surface area (Å²) in [5.74, 6) is 0.931. The summed E-state index contributed by atoms with van der Waals surface area (Å²) in [6, 6.07) is 15.5. The van der Waals surface area contributed by atoms with Crippen LogP contribution in [0, 0.1) is 0 Å². The van der Waals surface area contributed by atoms with Gasteiger partial charge in [-0.25, -0.2) is 0 Å². The van der Waals surface area contributed by atoms with Gasteiger partial charge in [-0.15, -0.1) is 0 Å². The Bertz CT molecular complexity index is 510. The van der Waals surface area contributed by atoms with Crippen molar-refractivity contribution in [2.24, 2.45) is 0 Å². The molecule has 0 atom stereocenters. The van der Waals surface area contributed by atoms with Crippen LogP contribution in [0.25, 0.3) is 11.1 Å². The quantitative estimate of drug-likeness (QED) is 0.685. The van der Waals surface area contributed by atoms with E-state index in [-0.39, 0.29) is 5.78 Å². The molecule has 0 N–H and O–H groups in total. The van der Waals surface area contributed by atoms with Gasteiger partial charge in [-0.1, -0.05) is 64.1 Å². The lowest BCUT2D eigenvalue weighted by Crippen LogP contribution is -1.90. The van der Waals surface area contributed by atoms with E-state index in [2.05, 4.69) is 0 Å². The molecule has 0 aliphatic rings. The third kappa shape index (κ3) is 5.82. The van der Waals surface area contributed by atoms with Crippen LogP contribution in [0.4, 0.5) is 0 Å². The van der Waals surface area contributed by atoms with Gasteiger partial charge in [-0.05, 0) is 30.2 Å². The van der Waals surface area contributed by atoms with Gasteiger partial charge in [0.05, 0.1) is 7.11 Å². The van der Waals surface area contributed by atoms with Crippen molar-refractivity contribution in [1.82, 2.24) is 0 Å². The molecule has 2 aromatic carbocycles. The van der Waals surface area contributed by atoms with E-state index in [1.54, 1.807) is 14.0 Å². The fourth-order valence-corrected chi connectivity index (χ4v) is 1.68. The van der Waals surface area contributed by atoms with Gasteiger partial charge in [0, 0.05) is 5.56 Å². The van der Waals surface area contributed by atoms with Crippen LogP contribution >= 0.6 is 0 Å². The first-order valence-corrected chi connectivity index (χ1v) is 7.46. The summed E-state index contributed by atoms with van der Waals surface area (Å²) in [4.78, 5) is 11.2. The maximum absolute atomic E-state index is 11.2. The second-order valence-corrected chi connectivity index (χ2v) is 3.86. The van der Waals surface area contributed by atoms with Crippen molar-refractivity contribution >= 4 is 5.78 Å². The smallest absolute Gasteiger partial charge is 0.159 e. The zero-order valence-electron chi connectivity index (χ0n) is 13.9. The molecule has 21 heavy (non-hydrogen) atoms. The molecule has 0 unspecified atom stereocenters. The number of carbonyl (C=O) groups excluding carboxylic acids is 1. The Labute approximate surface area is 128 Å². The van der Waals surface area contributed by atoms with E-state index in [0.29, 0.717) is 0 Å². The van der Waals surface area contributed by atoms with Crippen LogP contribution in [0.2, 0.25) is 0 Å². The van der Waals surface area contributed by atoms with Gasteiger partial charge in [-0.3, -0.25) is 4.79 Å². The minimum absolute atomic E-state index is 0.0891. The molecule has 2 nitrogen and oxygen atoms in total. The first-order chi connectivity index (χ1) is 10.2. The zero-order chi connectivity index (χ0) is 16.3. The summed E-state index contributed by atoms with van der Waals surface area (Å²) >= 11 is 0. The fraction of sp³-hybridized carbons (Fsp3) is 0.316. The van der Waals surface area contributed by atoms with Crippen LogP contribution in [-0.2, 0) is 0 Å². The van der Waals surface area contributed by atoms with E-state index in [0.717, 1.165) is 22.4 Å². The maximum Gasteiger partial charge on any atom is 0.159 e. The van der Waals surface area contributed by atoms with Crippen molar-refractivity contribution in [3.8, 4) is 16.9 Å². The molecule has 0 heterocycles. The Morgan fingerprint density at radius 2 is 1.14 bits per heavy atom. The van der Waals surface area contributed by atoms with Crippen molar-refractivity contribution in [2.75, 3.05) is 7.11 Å². The molecule has 0 aliphatic carbocycles. The second kappa shape index (κ2) is 10.7. The van der Waals surface area contributed by atoms with Gasteiger partial charge in [-0.2, -0.15) is 0 Å². The predicted molar refractivity (Wildman–Crippen MR) is 91.1 cm³/mol. The number of hydrogen-bond acceptors (Lipinski definition) is 2. The van der Waals surface area contributed by atoms with Crippen LogP contribution in [0.3, 0.4) is 0 Å². The zero-order valence-corrected chi connectivity index (χ0v) is 13.9. The Morgan fingerprint density at radius 3 is 1.48 bits per heavy atom. The van der Waals surface area contributed by atoms with E-state index in [4.69, 9.17) is 4.74 Å². The standard InChI is InChI=1S/C15H14O2.2C2H6/c1-11(16)12-3-5-13(6-4-12)14-7-9-15(17-2)10-8-14;2*1-2/h3-10H,1-2H3;2*1-2H3. The number of Topliss-reactive ketones (excluding diaryl/α,β-unsaturated/α-hetero) is 1. The highest BCUT2D eigenvalue weighted by Crippen LogP contribution is 2.22. The molecule has 2 rings (SSSR count). The molecular formula is C19H26O2. The number of methoxy groups -OCH3 is 1. The molecule has 0 bridgehead atoms. The van der Waals surface area contributed by atoms with Crippen molar-refractivity contribution in [2.45, 2.75) is 34.6 Å². The largest absolute Gasteiger partial charge is 0.497 e. The highest BCUT2D eigenvalue weighted by atomic mass is 16.5. The Morgan fingerprint density at radius 1 is 0.762 bits per heavy atom. The van der Waals surface area contributed by atoms with Gasteiger partial charge >= 0.3 is 0 Å². The minimum atomic E-state index is 0.0891. The number of hydrogen-bond donors (Lipinski definition) is 0. The summed E-state index contributed by atoms with van der Waals surface area (Å²) in [6.07, 6.45) is 0. The third-order valence-electron chi connectivity index (χ3n) is 2.71. The molecule has 0 spiro atoms. The van der Waals surface area contributed by atoms with Crippen LogP contribution < -0.4 is 4.74 Å². The first-order valence-electron chi connectivity index (χ1n) is 7.46. The van der Waals surface area contributed by atoms with Gasteiger partial charge in [0.25, 0.3) is 0 Å². The van der Waals surface area contributed by atoms with E-state index in [9.17, 15) is 4.79 Å². The molecule has 2 heteroatoms. The lowest BCUT2D eigenvalue weighted by atomic mass is 10.0. The van der Waals surface area contributed by atoms with Crippen molar-refractivity contribution < 1.29 is 9.53 Å². The van der Waals surface area contributed by atoms with Crippen molar-refractivity contribution in [3.63, 3.8) is 0 Å². The lowest BCUT2D eigenvalue weighted by Gasteiger charge is -2.04. The molecule has 2 aromatic rings. The minimum Gasteiger partial charge on any atom is -0.497 e. The Balaban J connectivity index is 0.000000921. The van der Waals surface area contributed by atoms with E-state index in [1.807, 2.05) is 76.2 Å². The second-order valence-electron chi connectivity index (χ2n) is 3.86. The summed E-state index contributed by atoms with van der Waals surface area (Å²) in [5, 5.41) is 0. The van der Waals surface area contributed by atoms with Gasteiger partial charge in [0.15, 0.2) is 5.78 Å². The lowest BCUT2D eigenvalue weighted by molar-refractivity contribution is 0.101.